The Hall–Kier alpha value is -3.18. The molecule has 0 saturated carbocycles. The first-order valence-electron chi connectivity index (χ1n) is 10.0. The summed E-state index contributed by atoms with van der Waals surface area (Å²) in [5.41, 5.74) is 4.75. The van der Waals surface area contributed by atoms with E-state index < -0.39 is 0 Å². The van der Waals surface area contributed by atoms with E-state index in [0.717, 1.165) is 28.4 Å². The second-order valence-corrected chi connectivity index (χ2v) is 8.59. The molecule has 0 aliphatic carbocycles. The number of amides is 1. The molecule has 1 amide bonds. The topological polar surface area (TPSA) is 55.1 Å². The number of carbonyl (C=O) groups is 1. The van der Waals surface area contributed by atoms with Crippen LogP contribution in [0.4, 0.5) is 5.13 Å². The predicted molar refractivity (Wildman–Crippen MR) is 122 cm³/mol. The number of nitrogens with one attached hydrogen (secondary N) is 1. The zero-order valence-corrected chi connectivity index (χ0v) is 18.0. The molecule has 0 fully saturated rings. The molecule has 2 aromatic heterocycles. The Morgan fingerprint density at radius 2 is 1.87 bits per heavy atom. The Bertz CT molecular complexity index is 1140. The highest BCUT2D eigenvalue weighted by atomic mass is 32.1. The number of rotatable bonds is 7. The SMILES string of the molecule is Cc1ccc(-c2ccc(CCC(=O)Nc3ncc(Cc4cccc(C)c4)s3)o2)cc1. The molecule has 4 aromatic rings. The van der Waals surface area contributed by atoms with Crippen LogP contribution in [0.15, 0.2) is 71.3 Å². The highest BCUT2D eigenvalue weighted by molar-refractivity contribution is 7.15. The lowest BCUT2D eigenvalue weighted by Crippen LogP contribution is -2.11. The largest absolute Gasteiger partial charge is 0.461 e. The molecule has 0 atom stereocenters. The van der Waals surface area contributed by atoms with Crippen molar-refractivity contribution in [2.75, 3.05) is 5.32 Å². The van der Waals surface area contributed by atoms with Gasteiger partial charge in [-0.15, -0.1) is 11.3 Å². The smallest absolute Gasteiger partial charge is 0.226 e. The molecular formula is C25H24N2O2S. The molecular weight excluding hydrogens is 392 g/mol. The highest BCUT2D eigenvalue weighted by Gasteiger charge is 2.10. The van der Waals surface area contributed by atoms with Gasteiger partial charge in [0.1, 0.15) is 11.5 Å². The number of carbonyl (C=O) groups excluding carboxylic acids is 1. The van der Waals surface area contributed by atoms with Gasteiger partial charge in [0.2, 0.25) is 5.91 Å². The first-order chi connectivity index (χ1) is 14.5. The monoisotopic (exact) mass is 416 g/mol. The molecule has 30 heavy (non-hydrogen) atoms. The van der Waals surface area contributed by atoms with E-state index >= 15 is 0 Å². The van der Waals surface area contributed by atoms with Gasteiger partial charge in [0.25, 0.3) is 0 Å². The van der Waals surface area contributed by atoms with Gasteiger partial charge in [-0.1, -0.05) is 59.7 Å². The minimum atomic E-state index is -0.0558. The molecule has 4 rings (SSSR count). The van der Waals surface area contributed by atoms with E-state index in [1.807, 2.05) is 30.5 Å². The molecule has 1 N–H and O–H groups in total. The zero-order valence-electron chi connectivity index (χ0n) is 17.1. The Morgan fingerprint density at radius 3 is 2.67 bits per heavy atom. The number of benzene rings is 2. The van der Waals surface area contributed by atoms with Gasteiger partial charge in [-0.05, 0) is 31.5 Å². The highest BCUT2D eigenvalue weighted by Crippen LogP contribution is 2.24. The third-order valence-corrected chi connectivity index (χ3v) is 5.77. The summed E-state index contributed by atoms with van der Waals surface area (Å²) < 4.78 is 5.90. The maximum Gasteiger partial charge on any atom is 0.226 e. The summed E-state index contributed by atoms with van der Waals surface area (Å²) in [4.78, 5) is 17.8. The molecule has 0 radical (unpaired) electrons. The number of aryl methyl sites for hydroxylation is 3. The van der Waals surface area contributed by atoms with Crippen LogP contribution in [0.5, 0.6) is 0 Å². The molecule has 0 aliphatic rings. The van der Waals surface area contributed by atoms with Crippen LogP contribution in [0.25, 0.3) is 11.3 Å². The van der Waals surface area contributed by atoms with Crippen LogP contribution in [0.3, 0.4) is 0 Å². The van der Waals surface area contributed by atoms with Crippen molar-refractivity contribution < 1.29 is 9.21 Å². The van der Waals surface area contributed by atoms with Crippen LogP contribution in [-0.2, 0) is 17.6 Å². The Labute approximate surface area is 180 Å². The molecule has 152 valence electrons. The third kappa shape index (κ3) is 5.24. The fourth-order valence-corrected chi connectivity index (χ4v) is 4.14. The summed E-state index contributed by atoms with van der Waals surface area (Å²) in [6, 6.07) is 20.5. The van der Waals surface area contributed by atoms with Gasteiger partial charge in [0.15, 0.2) is 5.13 Å². The molecule has 0 unspecified atom stereocenters. The molecule has 2 aromatic carbocycles. The van der Waals surface area contributed by atoms with Crippen LogP contribution in [0.1, 0.15) is 33.7 Å². The number of nitrogens with zero attached hydrogens (tertiary/aromatic N) is 1. The van der Waals surface area contributed by atoms with Gasteiger partial charge in [0, 0.05) is 35.9 Å². The minimum absolute atomic E-state index is 0.0558. The van der Waals surface area contributed by atoms with Crippen LogP contribution in [0.2, 0.25) is 0 Å². The van der Waals surface area contributed by atoms with Crippen molar-refractivity contribution in [2.45, 2.75) is 33.1 Å². The van der Waals surface area contributed by atoms with E-state index in [4.69, 9.17) is 4.42 Å². The fourth-order valence-electron chi connectivity index (χ4n) is 3.27. The molecule has 0 spiro atoms. The summed E-state index contributed by atoms with van der Waals surface area (Å²) in [6.07, 6.45) is 3.57. The average molecular weight is 417 g/mol. The maximum absolute atomic E-state index is 12.3. The second kappa shape index (κ2) is 9.09. The zero-order chi connectivity index (χ0) is 20.9. The van der Waals surface area contributed by atoms with Gasteiger partial charge in [0.05, 0.1) is 0 Å². The Morgan fingerprint density at radius 1 is 1.03 bits per heavy atom. The van der Waals surface area contributed by atoms with E-state index in [2.05, 4.69) is 60.5 Å². The minimum Gasteiger partial charge on any atom is -0.461 e. The van der Waals surface area contributed by atoms with Crippen molar-refractivity contribution >= 4 is 22.4 Å². The molecule has 4 nitrogen and oxygen atoms in total. The molecule has 0 aliphatic heterocycles. The molecule has 0 saturated heterocycles. The Kier molecular flexibility index (Phi) is 6.10. The van der Waals surface area contributed by atoms with Gasteiger partial charge >= 0.3 is 0 Å². The van der Waals surface area contributed by atoms with Gasteiger partial charge in [-0.25, -0.2) is 4.98 Å². The summed E-state index contributed by atoms with van der Waals surface area (Å²) in [5, 5.41) is 3.54. The molecule has 0 bridgehead atoms. The number of aromatic nitrogens is 1. The van der Waals surface area contributed by atoms with Gasteiger partial charge in [-0.2, -0.15) is 0 Å². The first-order valence-corrected chi connectivity index (χ1v) is 10.8. The first kappa shape index (κ1) is 20.1. The Balaban J connectivity index is 1.29. The lowest BCUT2D eigenvalue weighted by atomic mass is 10.1. The maximum atomic E-state index is 12.3. The van der Waals surface area contributed by atoms with Crippen molar-refractivity contribution in [1.29, 1.82) is 0 Å². The molecule has 5 heteroatoms. The quantitative estimate of drug-likeness (QED) is 0.391. The number of anilines is 1. The van der Waals surface area contributed by atoms with Crippen LogP contribution < -0.4 is 5.32 Å². The van der Waals surface area contributed by atoms with Crippen LogP contribution in [0, 0.1) is 13.8 Å². The van der Waals surface area contributed by atoms with Crippen LogP contribution in [-0.4, -0.2) is 10.9 Å². The summed E-state index contributed by atoms with van der Waals surface area (Å²) >= 11 is 1.52. The van der Waals surface area contributed by atoms with Crippen molar-refractivity contribution in [3.8, 4) is 11.3 Å². The van der Waals surface area contributed by atoms with E-state index in [-0.39, 0.29) is 5.91 Å². The molecule has 2 heterocycles. The van der Waals surface area contributed by atoms with Gasteiger partial charge < -0.3 is 9.73 Å². The number of thiazole rings is 1. The fraction of sp³-hybridized carbons (Fsp3) is 0.200. The summed E-state index contributed by atoms with van der Waals surface area (Å²) in [5.74, 6) is 1.57. The lowest BCUT2D eigenvalue weighted by molar-refractivity contribution is -0.116. The van der Waals surface area contributed by atoms with Crippen molar-refractivity contribution in [1.82, 2.24) is 4.98 Å². The summed E-state index contributed by atoms with van der Waals surface area (Å²) in [6.45, 7) is 4.15. The van der Waals surface area contributed by atoms with Crippen molar-refractivity contribution in [2.24, 2.45) is 0 Å². The van der Waals surface area contributed by atoms with Crippen molar-refractivity contribution in [3.63, 3.8) is 0 Å². The third-order valence-electron chi connectivity index (χ3n) is 4.86. The van der Waals surface area contributed by atoms with E-state index in [1.54, 1.807) is 0 Å². The van der Waals surface area contributed by atoms with E-state index in [0.29, 0.717) is 18.0 Å². The van der Waals surface area contributed by atoms with E-state index in [1.165, 1.54) is 28.0 Å². The standard InChI is InChI=1S/C25H24N2O2S/c1-17-6-8-20(9-7-17)23-12-10-21(29-23)11-13-24(28)27-25-26-16-22(30-25)15-19-5-3-4-18(2)14-19/h3-10,12,14,16H,11,13,15H2,1-2H3,(H,26,27,28). The van der Waals surface area contributed by atoms with Crippen molar-refractivity contribution in [3.05, 3.63) is 94.2 Å². The number of hydrogen-bond acceptors (Lipinski definition) is 4. The second-order valence-electron chi connectivity index (χ2n) is 7.48. The van der Waals surface area contributed by atoms with Gasteiger partial charge in [-0.3, -0.25) is 4.79 Å². The summed E-state index contributed by atoms with van der Waals surface area (Å²) in [7, 11) is 0. The lowest BCUT2D eigenvalue weighted by Gasteiger charge is -2.01. The number of furan rings is 1. The predicted octanol–water partition coefficient (Wildman–Crippen LogP) is 6.18. The number of hydrogen-bond donors (Lipinski definition) is 1. The average Bonchev–Trinajstić information content (AvgIpc) is 3.37. The van der Waals surface area contributed by atoms with E-state index in [9.17, 15) is 4.79 Å². The van der Waals surface area contributed by atoms with Crippen LogP contribution >= 0.6 is 11.3 Å². The normalized spacial score (nSPS) is 10.9.